The fraction of sp³-hybridized carbons (Fsp3) is 0.333. The number of piperazine rings is 1. The van der Waals surface area contributed by atoms with Gasteiger partial charge in [-0.3, -0.25) is 9.69 Å². The van der Waals surface area contributed by atoms with Gasteiger partial charge in [-0.1, -0.05) is 28.1 Å². The van der Waals surface area contributed by atoms with E-state index in [1.165, 1.54) is 4.90 Å². The molecule has 0 atom stereocenters. The van der Waals surface area contributed by atoms with Crippen molar-refractivity contribution in [3.63, 3.8) is 0 Å². The van der Waals surface area contributed by atoms with Gasteiger partial charge in [-0.05, 0) is 30.7 Å². The summed E-state index contributed by atoms with van der Waals surface area (Å²) in [4.78, 5) is 19.2. The Kier molecular flexibility index (Phi) is 5.48. The summed E-state index contributed by atoms with van der Waals surface area (Å²) >= 11 is 3.50. The minimum atomic E-state index is 0.0699. The molecule has 1 aliphatic heterocycles. The number of aromatic amines is 1. The highest BCUT2D eigenvalue weighted by molar-refractivity contribution is 9.10. The van der Waals surface area contributed by atoms with E-state index in [9.17, 15) is 4.79 Å². The molecular formula is C18H23BrN4O+2. The third kappa shape index (κ3) is 4.33. The summed E-state index contributed by atoms with van der Waals surface area (Å²) in [6, 6.07) is 12.0. The molecule has 1 saturated heterocycles. The molecule has 3 N–H and O–H groups in total. The van der Waals surface area contributed by atoms with E-state index in [0.29, 0.717) is 6.54 Å². The summed E-state index contributed by atoms with van der Waals surface area (Å²) in [6.07, 6.45) is 1.95. The topological polar surface area (TPSA) is 50.9 Å². The van der Waals surface area contributed by atoms with Gasteiger partial charge in [-0.25, -0.2) is 4.98 Å². The Morgan fingerprint density at radius 1 is 1.29 bits per heavy atom. The van der Waals surface area contributed by atoms with Crippen molar-refractivity contribution < 1.29 is 14.7 Å². The molecule has 6 heteroatoms. The molecule has 1 fully saturated rings. The van der Waals surface area contributed by atoms with E-state index in [1.54, 1.807) is 0 Å². The number of carbonyl (C=O) groups is 1. The van der Waals surface area contributed by atoms with Crippen LogP contribution in [0.3, 0.4) is 0 Å². The van der Waals surface area contributed by atoms with Crippen molar-refractivity contribution in [3.8, 4) is 0 Å². The minimum Gasteiger partial charge on any atom is -0.321 e. The van der Waals surface area contributed by atoms with Gasteiger partial charge in [0.15, 0.2) is 6.54 Å². The van der Waals surface area contributed by atoms with E-state index < -0.39 is 0 Å². The van der Waals surface area contributed by atoms with Crippen LogP contribution in [0.4, 0.5) is 11.5 Å². The second kappa shape index (κ2) is 7.77. The molecule has 0 spiro atoms. The maximum atomic E-state index is 12.3. The van der Waals surface area contributed by atoms with Crippen LogP contribution >= 0.6 is 15.9 Å². The molecule has 0 unspecified atom stereocenters. The van der Waals surface area contributed by atoms with Gasteiger partial charge in [-0.2, -0.15) is 0 Å². The number of nitrogens with zero attached hydrogens (tertiary/aromatic N) is 1. The average Bonchev–Trinajstić information content (AvgIpc) is 2.59. The maximum Gasteiger partial charge on any atom is 0.279 e. The Morgan fingerprint density at radius 3 is 2.75 bits per heavy atom. The van der Waals surface area contributed by atoms with Gasteiger partial charge in [0.2, 0.25) is 0 Å². The number of H-pyrrole nitrogens is 1. The molecule has 126 valence electrons. The monoisotopic (exact) mass is 390 g/mol. The zero-order chi connectivity index (χ0) is 16.9. The largest absolute Gasteiger partial charge is 0.321 e. The number of anilines is 2. The van der Waals surface area contributed by atoms with E-state index in [2.05, 4.69) is 37.2 Å². The molecule has 3 rings (SSSR count). The van der Waals surface area contributed by atoms with Crippen molar-refractivity contribution in [2.45, 2.75) is 6.92 Å². The van der Waals surface area contributed by atoms with Gasteiger partial charge in [0.1, 0.15) is 26.2 Å². The number of halogens is 1. The van der Waals surface area contributed by atoms with Gasteiger partial charge in [0.25, 0.3) is 11.7 Å². The lowest BCUT2D eigenvalue weighted by atomic mass is 10.2. The lowest BCUT2D eigenvalue weighted by Gasteiger charge is -2.27. The molecular weight excluding hydrogens is 368 g/mol. The zero-order valence-corrected chi connectivity index (χ0v) is 15.4. The molecule has 1 aliphatic rings. The molecule has 0 saturated carbocycles. The SMILES string of the molecule is Cc1ccc(NC(=O)C[NH+]2CCN(c3cccc[nH+]3)CC2)cc1Br. The molecule has 1 amide bonds. The van der Waals surface area contributed by atoms with Crippen molar-refractivity contribution in [1.82, 2.24) is 0 Å². The van der Waals surface area contributed by atoms with Gasteiger partial charge >= 0.3 is 0 Å². The van der Waals surface area contributed by atoms with E-state index in [1.807, 2.05) is 43.5 Å². The second-order valence-electron chi connectivity index (χ2n) is 6.17. The molecule has 1 aromatic heterocycles. The quantitative estimate of drug-likeness (QED) is 0.815. The number of benzene rings is 1. The van der Waals surface area contributed by atoms with E-state index in [4.69, 9.17) is 0 Å². The van der Waals surface area contributed by atoms with Crippen LogP contribution in [-0.2, 0) is 4.79 Å². The van der Waals surface area contributed by atoms with Crippen LogP contribution in [0.5, 0.6) is 0 Å². The Morgan fingerprint density at radius 2 is 2.08 bits per heavy atom. The predicted molar refractivity (Wildman–Crippen MR) is 98.3 cm³/mol. The number of hydrogen-bond acceptors (Lipinski definition) is 2. The van der Waals surface area contributed by atoms with E-state index in [-0.39, 0.29) is 5.91 Å². The molecule has 0 aliphatic carbocycles. The molecule has 2 heterocycles. The molecule has 2 aromatic rings. The number of pyridine rings is 1. The van der Waals surface area contributed by atoms with Gasteiger partial charge < -0.3 is 10.2 Å². The molecule has 1 aromatic carbocycles. The van der Waals surface area contributed by atoms with Crippen molar-refractivity contribution in [2.75, 3.05) is 42.9 Å². The Hall–Kier alpha value is -1.92. The summed E-state index contributed by atoms with van der Waals surface area (Å²) in [5.41, 5.74) is 2.00. The fourth-order valence-electron chi connectivity index (χ4n) is 2.92. The highest BCUT2D eigenvalue weighted by Gasteiger charge is 2.27. The average molecular weight is 391 g/mol. The number of quaternary nitrogens is 1. The minimum absolute atomic E-state index is 0.0699. The summed E-state index contributed by atoms with van der Waals surface area (Å²) in [6.45, 7) is 6.39. The van der Waals surface area contributed by atoms with Crippen LogP contribution in [0.15, 0.2) is 47.1 Å². The number of hydrogen-bond donors (Lipinski definition) is 2. The van der Waals surface area contributed by atoms with Gasteiger partial charge in [0.05, 0.1) is 6.20 Å². The number of carbonyl (C=O) groups excluding carboxylic acids is 1. The van der Waals surface area contributed by atoms with Crippen molar-refractivity contribution in [1.29, 1.82) is 0 Å². The lowest BCUT2D eigenvalue weighted by molar-refractivity contribution is -0.892. The Bertz CT molecular complexity index is 699. The van der Waals surface area contributed by atoms with Crippen LogP contribution in [-0.4, -0.2) is 38.6 Å². The van der Waals surface area contributed by atoms with Gasteiger partial charge in [0, 0.05) is 16.2 Å². The molecule has 24 heavy (non-hydrogen) atoms. The number of nitrogens with one attached hydrogen (secondary N) is 3. The third-order valence-electron chi connectivity index (χ3n) is 4.37. The maximum absolute atomic E-state index is 12.3. The zero-order valence-electron chi connectivity index (χ0n) is 13.8. The summed E-state index contributed by atoms with van der Waals surface area (Å²) in [5.74, 6) is 1.21. The third-order valence-corrected chi connectivity index (χ3v) is 5.22. The summed E-state index contributed by atoms with van der Waals surface area (Å²) in [7, 11) is 0. The van der Waals surface area contributed by atoms with E-state index in [0.717, 1.165) is 47.7 Å². The normalized spacial score (nSPS) is 15.3. The highest BCUT2D eigenvalue weighted by atomic mass is 79.9. The molecule has 0 bridgehead atoms. The first-order valence-corrected chi connectivity index (χ1v) is 9.02. The first-order chi connectivity index (χ1) is 11.6. The van der Waals surface area contributed by atoms with Crippen LogP contribution in [0.1, 0.15) is 5.56 Å². The Balaban J connectivity index is 1.49. The van der Waals surface area contributed by atoms with Gasteiger partial charge in [-0.15, -0.1) is 0 Å². The summed E-state index contributed by atoms with van der Waals surface area (Å²) < 4.78 is 1.01. The Labute approximate surface area is 150 Å². The van der Waals surface area contributed by atoms with Crippen LogP contribution in [0.25, 0.3) is 0 Å². The van der Waals surface area contributed by atoms with Crippen molar-refractivity contribution in [3.05, 3.63) is 52.6 Å². The van der Waals surface area contributed by atoms with E-state index >= 15 is 0 Å². The smallest absolute Gasteiger partial charge is 0.279 e. The number of rotatable bonds is 4. The predicted octanol–water partition coefficient (Wildman–Crippen LogP) is 0.915. The lowest BCUT2D eigenvalue weighted by Crippen LogP contribution is -3.15. The standard InChI is InChI=1S/C18H21BrN4O/c1-14-5-6-15(12-16(14)19)21-18(24)13-22-8-10-23(11-9-22)17-4-2-3-7-20-17/h2-7,12H,8-11,13H2,1H3,(H,21,24)/p+2. The second-order valence-corrected chi connectivity index (χ2v) is 7.03. The molecule has 5 nitrogen and oxygen atoms in total. The molecule has 0 radical (unpaired) electrons. The number of aryl methyl sites for hydroxylation is 1. The first kappa shape index (κ1) is 16.9. The summed E-state index contributed by atoms with van der Waals surface area (Å²) in [5, 5.41) is 2.99. The van der Waals surface area contributed by atoms with Crippen molar-refractivity contribution in [2.24, 2.45) is 0 Å². The fourth-order valence-corrected chi connectivity index (χ4v) is 3.30. The van der Waals surface area contributed by atoms with Crippen LogP contribution in [0.2, 0.25) is 0 Å². The van der Waals surface area contributed by atoms with Crippen LogP contribution < -0.4 is 20.1 Å². The number of aromatic nitrogens is 1. The van der Waals surface area contributed by atoms with Crippen LogP contribution in [0, 0.1) is 6.92 Å². The highest BCUT2D eigenvalue weighted by Crippen LogP contribution is 2.20. The van der Waals surface area contributed by atoms with Crippen molar-refractivity contribution >= 4 is 33.3 Å². The first-order valence-electron chi connectivity index (χ1n) is 8.23. The number of amides is 1.